The Balaban J connectivity index is 1.97. The molecule has 0 aromatic rings. The minimum absolute atomic E-state index is 0.00887. The number of hydrogen-bond donors (Lipinski definition) is 1. The van der Waals surface area contributed by atoms with Gasteiger partial charge in [0.25, 0.3) is 0 Å². The highest BCUT2D eigenvalue weighted by molar-refractivity contribution is 7.91. The highest BCUT2D eigenvalue weighted by atomic mass is 32.2. The van der Waals surface area contributed by atoms with Gasteiger partial charge in [0.2, 0.25) is 5.91 Å². The van der Waals surface area contributed by atoms with E-state index in [1.54, 1.807) is 12.0 Å². The Labute approximate surface area is 139 Å². The van der Waals surface area contributed by atoms with Crippen LogP contribution in [0.2, 0.25) is 0 Å². The molecule has 0 bridgehead atoms. The number of hydrogen-bond acceptors (Lipinski definition) is 6. The molecule has 0 radical (unpaired) electrons. The van der Waals surface area contributed by atoms with E-state index in [-0.39, 0.29) is 28.9 Å². The zero-order valence-corrected chi connectivity index (χ0v) is 15.0. The molecule has 8 heteroatoms. The van der Waals surface area contributed by atoms with Crippen molar-refractivity contribution >= 4 is 15.7 Å². The number of amides is 1. The van der Waals surface area contributed by atoms with E-state index in [0.29, 0.717) is 32.7 Å². The second-order valence-electron chi connectivity index (χ2n) is 7.11. The molecule has 0 saturated carbocycles. The molecule has 2 rings (SSSR count). The number of rotatable bonds is 7. The van der Waals surface area contributed by atoms with Crippen LogP contribution in [-0.2, 0) is 19.4 Å². The number of nitrogens with two attached hydrogens (primary N) is 1. The monoisotopic (exact) mass is 347 g/mol. The normalized spacial score (nSPS) is 30.7. The third kappa shape index (κ3) is 4.89. The lowest BCUT2D eigenvalue weighted by molar-refractivity contribution is -0.134. The Bertz CT molecular complexity index is 525. The maximum Gasteiger partial charge on any atom is 0.237 e. The van der Waals surface area contributed by atoms with Crippen molar-refractivity contribution in [2.75, 3.05) is 57.9 Å². The second kappa shape index (κ2) is 7.46. The first-order valence-electron chi connectivity index (χ1n) is 8.20. The highest BCUT2D eigenvalue weighted by Crippen LogP contribution is 2.28. The van der Waals surface area contributed by atoms with Crippen molar-refractivity contribution in [1.29, 1.82) is 0 Å². The van der Waals surface area contributed by atoms with E-state index in [4.69, 9.17) is 10.5 Å². The molecule has 0 aliphatic carbocycles. The number of carbonyl (C=O) groups is 1. The fraction of sp³-hybridized carbons (Fsp3) is 0.933. The first kappa shape index (κ1) is 18.6. The fourth-order valence-corrected chi connectivity index (χ4v) is 5.16. The molecule has 0 spiro atoms. The first-order valence-corrected chi connectivity index (χ1v) is 10.0. The van der Waals surface area contributed by atoms with Gasteiger partial charge in [-0.2, -0.15) is 0 Å². The average Bonchev–Trinajstić information content (AvgIpc) is 3.03. The van der Waals surface area contributed by atoms with Crippen LogP contribution in [0.3, 0.4) is 0 Å². The van der Waals surface area contributed by atoms with Gasteiger partial charge < -0.3 is 15.4 Å². The van der Waals surface area contributed by atoms with E-state index in [1.807, 2.05) is 0 Å². The summed E-state index contributed by atoms with van der Waals surface area (Å²) in [7, 11) is -1.43. The van der Waals surface area contributed by atoms with Crippen LogP contribution in [-0.4, -0.2) is 88.1 Å². The molecule has 2 aliphatic rings. The van der Waals surface area contributed by atoms with Gasteiger partial charge in [-0.25, -0.2) is 8.42 Å². The number of likely N-dealkylation sites (tertiary alicyclic amines) is 1. The van der Waals surface area contributed by atoms with Crippen molar-refractivity contribution in [3.63, 3.8) is 0 Å². The molecular formula is C15H29N3O4S. The first-order chi connectivity index (χ1) is 10.8. The number of ether oxygens (including phenoxy) is 1. The standard InChI is InChI=1S/C15H29N3O4S/c1-15(11-16)4-5-17(12-15)9-14(19)18(6-7-22-2)13-3-8-23(20,21)10-13/h13H,3-12,16H2,1-2H3. The van der Waals surface area contributed by atoms with E-state index in [2.05, 4.69) is 11.8 Å². The van der Waals surface area contributed by atoms with E-state index in [9.17, 15) is 13.2 Å². The van der Waals surface area contributed by atoms with Gasteiger partial charge >= 0.3 is 0 Å². The molecule has 2 saturated heterocycles. The van der Waals surface area contributed by atoms with Gasteiger partial charge in [0.15, 0.2) is 9.84 Å². The SMILES string of the molecule is COCCN(C(=O)CN1CCC(C)(CN)C1)C1CCS(=O)(=O)C1. The molecule has 0 aromatic heterocycles. The van der Waals surface area contributed by atoms with Crippen LogP contribution in [0.5, 0.6) is 0 Å². The Morgan fingerprint density at radius 2 is 2.22 bits per heavy atom. The quantitative estimate of drug-likeness (QED) is 0.656. The minimum atomic E-state index is -3.01. The van der Waals surface area contributed by atoms with Crippen LogP contribution in [0, 0.1) is 5.41 Å². The molecule has 7 nitrogen and oxygen atoms in total. The summed E-state index contributed by atoms with van der Waals surface area (Å²) < 4.78 is 28.5. The van der Waals surface area contributed by atoms with Gasteiger partial charge in [0.1, 0.15) is 0 Å². The van der Waals surface area contributed by atoms with Gasteiger partial charge in [-0.3, -0.25) is 9.69 Å². The van der Waals surface area contributed by atoms with Gasteiger partial charge in [-0.05, 0) is 31.3 Å². The summed E-state index contributed by atoms with van der Waals surface area (Å²) in [6.45, 7) is 5.63. The summed E-state index contributed by atoms with van der Waals surface area (Å²) in [4.78, 5) is 16.5. The van der Waals surface area contributed by atoms with Crippen LogP contribution in [0.15, 0.2) is 0 Å². The van der Waals surface area contributed by atoms with Crippen LogP contribution < -0.4 is 5.73 Å². The molecule has 2 fully saturated rings. The lowest BCUT2D eigenvalue weighted by Crippen LogP contribution is -2.47. The number of methoxy groups -OCH3 is 1. The topological polar surface area (TPSA) is 92.9 Å². The Kier molecular flexibility index (Phi) is 6.05. The van der Waals surface area contributed by atoms with Crippen molar-refractivity contribution in [2.24, 2.45) is 11.1 Å². The minimum Gasteiger partial charge on any atom is -0.383 e. The number of carbonyl (C=O) groups excluding carboxylic acids is 1. The van der Waals surface area contributed by atoms with Crippen molar-refractivity contribution in [2.45, 2.75) is 25.8 Å². The zero-order chi connectivity index (χ0) is 17.1. The van der Waals surface area contributed by atoms with Gasteiger partial charge in [-0.1, -0.05) is 6.92 Å². The largest absolute Gasteiger partial charge is 0.383 e. The fourth-order valence-electron chi connectivity index (χ4n) is 3.43. The van der Waals surface area contributed by atoms with Gasteiger partial charge in [0.05, 0.1) is 24.7 Å². The maximum atomic E-state index is 12.7. The second-order valence-corrected chi connectivity index (χ2v) is 9.34. The van der Waals surface area contributed by atoms with Crippen LogP contribution in [0.4, 0.5) is 0 Å². The molecule has 2 aliphatic heterocycles. The van der Waals surface area contributed by atoms with Crippen LogP contribution >= 0.6 is 0 Å². The summed E-state index contributed by atoms with van der Waals surface area (Å²) in [6.07, 6.45) is 1.52. The average molecular weight is 347 g/mol. The molecule has 134 valence electrons. The van der Waals surface area contributed by atoms with Crippen molar-refractivity contribution in [3.8, 4) is 0 Å². The van der Waals surface area contributed by atoms with Crippen LogP contribution in [0.1, 0.15) is 19.8 Å². The predicted octanol–water partition coefficient (Wildman–Crippen LogP) is -0.681. The smallest absolute Gasteiger partial charge is 0.237 e. The maximum absolute atomic E-state index is 12.7. The molecule has 0 aromatic carbocycles. The van der Waals surface area contributed by atoms with E-state index in [1.165, 1.54) is 0 Å². The third-order valence-corrected chi connectivity index (χ3v) is 6.74. The van der Waals surface area contributed by atoms with E-state index < -0.39 is 9.84 Å². The molecule has 23 heavy (non-hydrogen) atoms. The molecule has 1 amide bonds. The molecule has 2 heterocycles. The van der Waals surface area contributed by atoms with Crippen LogP contribution in [0.25, 0.3) is 0 Å². The predicted molar refractivity (Wildman–Crippen MR) is 88.9 cm³/mol. The lowest BCUT2D eigenvalue weighted by Gasteiger charge is -2.30. The Morgan fingerprint density at radius 1 is 1.48 bits per heavy atom. The van der Waals surface area contributed by atoms with Crippen molar-refractivity contribution in [1.82, 2.24) is 9.80 Å². The number of sulfone groups is 1. The summed E-state index contributed by atoms with van der Waals surface area (Å²) in [5.41, 5.74) is 5.89. The van der Waals surface area contributed by atoms with E-state index >= 15 is 0 Å². The Hall–Kier alpha value is -0.700. The lowest BCUT2D eigenvalue weighted by atomic mass is 9.90. The van der Waals surface area contributed by atoms with Gasteiger partial charge in [0, 0.05) is 26.2 Å². The van der Waals surface area contributed by atoms with E-state index in [0.717, 1.165) is 19.5 Å². The third-order valence-electron chi connectivity index (χ3n) is 4.99. The summed E-state index contributed by atoms with van der Waals surface area (Å²) in [5, 5.41) is 0. The molecule has 2 N–H and O–H groups in total. The van der Waals surface area contributed by atoms with Crippen molar-refractivity contribution < 1.29 is 17.9 Å². The molecule has 2 unspecified atom stereocenters. The summed E-state index contributed by atoms with van der Waals surface area (Å²) in [5.74, 6) is 0.234. The Morgan fingerprint density at radius 3 is 2.74 bits per heavy atom. The summed E-state index contributed by atoms with van der Waals surface area (Å²) >= 11 is 0. The van der Waals surface area contributed by atoms with Crippen molar-refractivity contribution in [3.05, 3.63) is 0 Å². The molecular weight excluding hydrogens is 318 g/mol. The highest BCUT2D eigenvalue weighted by Gasteiger charge is 2.37. The zero-order valence-electron chi connectivity index (χ0n) is 14.2. The number of nitrogens with zero attached hydrogens (tertiary/aromatic N) is 2. The molecule has 2 atom stereocenters. The van der Waals surface area contributed by atoms with Gasteiger partial charge in [-0.15, -0.1) is 0 Å². The summed E-state index contributed by atoms with van der Waals surface area (Å²) in [6, 6.07) is -0.217.